The molecule has 1 aliphatic rings. The fourth-order valence-electron chi connectivity index (χ4n) is 3.25. The summed E-state index contributed by atoms with van der Waals surface area (Å²) in [5, 5.41) is 7.00. The summed E-state index contributed by atoms with van der Waals surface area (Å²) in [5.41, 5.74) is 1.34. The Morgan fingerprint density at radius 1 is 1.08 bits per heavy atom. The van der Waals surface area contributed by atoms with Gasteiger partial charge in [-0.2, -0.15) is 0 Å². The third-order valence-electron chi connectivity index (χ3n) is 5.07. The van der Waals surface area contributed by atoms with Crippen molar-refractivity contribution < 1.29 is 4.74 Å². The number of benzene rings is 1. The Bertz CT molecular complexity index is 502. The number of hydrogen-bond donors (Lipinski definition) is 2. The molecule has 6 heteroatoms. The maximum atomic E-state index is 5.52. The molecule has 0 amide bonds. The predicted molar refractivity (Wildman–Crippen MR) is 120 cm³/mol. The van der Waals surface area contributed by atoms with Gasteiger partial charge in [-0.25, -0.2) is 0 Å². The summed E-state index contributed by atoms with van der Waals surface area (Å²) in [6.45, 7) is 9.87. The number of halogens is 1. The minimum absolute atomic E-state index is 0. The van der Waals surface area contributed by atoms with Gasteiger partial charge < -0.3 is 15.4 Å². The highest BCUT2D eigenvalue weighted by Crippen LogP contribution is 2.21. The monoisotopic (exact) mass is 474 g/mol. The van der Waals surface area contributed by atoms with Crippen molar-refractivity contribution in [1.82, 2.24) is 15.5 Å². The van der Waals surface area contributed by atoms with Crippen molar-refractivity contribution in [2.45, 2.75) is 32.7 Å². The van der Waals surface area contributed by atoms with E-state index in [0.29, 0.717) is 12.0 Å². The van der Waals surface area contributed by atoms with Gasteiger partial charge in [0.25, 0.3) is 0 Å². The first-order valence-electron chi connectivity index (χ1n) is 9.59. The van der Waals surface area contributed by atoms with E-state index in [1.54, 1.807) is 0 Å². The summed E-state index contributed by atoms with van der Waals surface area (Å²) in [5.74, 6) is 1.59. The Labute approximate surface area is 176 Å². The van der Waals surface area contributed by atoms with Crippen molar-refractivity contribution in [3.05, 3.63) is 35.9 Å². The third-order valence-corrected chi connectivity index (χ3v) is 5.07. The van der Waals surface area contributed by atoms with E-state index >= 15 is 0 Å². The number of ether oxygens (including phenoxy) is 1. The average Bonchev–Trinajstić information content (AvgIpc) is 2.69. The van der Waals surface area contributed by atoms with E-state index in [4.69, 9.17) is 4.74 Å². The minimum Gasteiger partial charge on any atom is -0.379 e. The largest absolute Gasteiger partial charge is 0.379 e. The Kier molecular flexibility index (Phi) is 11.9. The van der Waals surface area contributed by atoms with Gasteiger partial charge >= 0.3 is 0 Å². The van der Waals surface area contributed by atoms with E-state index in [1.165, 1.54) is 18.4 Å². The predicted octanol–water partition coefficient (Wildman–Crippen LogP) is 3.28. The van der Waals surface area contributed by atoms with Crippen LogP contribution in [0.3, 0.4) is 0 Å². The minimum atomic E-state index is 0. The van der Waals surface area contributed by atoms with E-state index in [0.717, 1.165) is 45.4 Å². The van der Waals surface area contributed by atoms with Gasteiger partial charge in [0.05, 0.1) is 19.3 Å². The lowest BCUT2D eigenvalue weighted by Crippen LogP contribution is -2.46. The maximum Gasteiger partial charge on any atom is 0.191 e. The lowest BCUT2D eigenvalue weighted by molar-refractivity contribution is 0.0170. The van der Waals surface area contributed by atoms with Crippen LogP contribution < -0.4 is 10.6 Å². The Hall–Kier alpha value is -0.860. The van der Waals surface area contributed by atoms with Crippen LogP contribution in [0, 0.1) is 5.92 Å². The van der Waals surface area contributed by atoms with Gasteiger partial charge in [-0.1, -0.05) is 57.0 Å². The molecular formula is C20H35IN4O. The fourth-order valence-corrected chi connectivity index (χ4v) is 3.25. The van der Waals surface area contributed by atoms with Crippen molar-refractivity contribution in [3.8, 4) is 0 Å². The summed E-state index contributed by atoms with van der Waals surface area (Å²) in [6.07, 6.45) is 2.39. The highest BCUT2D eigenvalue weighted by Gasteiger charge is 2.22. The summed E-state index contributed by atoms with van der Waals surface area (Å²) < 4.78 is 5.52. The normalized spacial score (nSPS) is 16.8. The van der Waals surface area contributed by atoms with Gasteiger partial charge in [0.1, 0.15) is 0 Å². The molecule has 5 nitrogen and oxygen atoms in total. The van der Waals surface area contributed by atoms with Crippen molar-refractivity contribution in [1.29, 1.82) is 0 Å². The van der Waals surface area contributed by atoms with Crippen molar-refractivity contribution in [2.24, 2.45) is 10.9 Å². The molecule has 1 aromatic rings. The highest BCUT2D eigenvalue weighted by molar-refractivity contribution is 14.0. The van der Waals surface area contributed by atoms with Crippen LogP contribution >= 0.6 is 24.0 Å². The van der Waals surface area contributed by atoms with E-state index in [1.807, 2.05) is 7.05 Å². The smallest absolute Gasteiger partial charge is 0.191 e. The molecule has 0 aliphatic carbocycles. The van der Waals surface area contributed by atoms with Crippen LogP contribution in [-0.4, -0.2) is 57.3 Å². The van der Waals surface area contributed by atoms with Crippen LogP contribution in [0.1, 0.15) is 38.3 Å². The molecular weight excluding hydrogens is 439 g/mol. The molecule has 1 aromatic carbocycles. The molecule has 0 radical (unpaired) electrons. The Morgan fingerprint density at radius 2 is 1.69 bits per heavy atom. The van der Waals surface area contributed by atoms with Crippen molar-refractivity contribution in [3.63, 3.8) is 0 Å². The molecule has 1 heterocycles. The van der Waals surface area contributed by atoms with Gasteiger partial charge in [-0.15, -0.1) is 24.0 Å². The van der Waals surface area contributed by atoms with Gasteiger partial charge in [-0.3, -0.25) is 9.89 Å². The second-order valence-electron chi connectivity index (χ2n) is 6.59. The first-order valence-corrected chi connectivity index (χ1v) is 9.59. The van der Waals surface area contributed by atoms with E-state index < -0.39 is 0 Å². The summed E-state index contributed by atoms with van der Waals surface area (Å²) in [6, 6.07) is 11.1. The second kappa shape index (κ2) is 13.3. The SMILES string of the molecule is CCC(CC)CNC(=NC)NCC(c1ccccc1)N1CCOCC1.I. The lowest BCUT2D eigenvalue weighted by atomic mass is 10.0. The molecule has 2 rings (SSSR count). The molecule has 1 unspecified atom stereocenters. The number of aliphatic imine (C=N–C) groups is 1. The lowest BCUT2D eigenvalue weighted by Gasteiger charge is -2.35. The second-order valence-corrected chi connectivity index (χ2v) is 6.59. The summed E-state index contributed by atoms with van der Waals surface area (Å²) in [7, 11) is 1.84. The van der Waals surface area contributed by atoms with Gasteiger partial charge in [0, 0.05) is 33.2 Å². The van der Waals surface area contributed by atoms with Gasteiger partial charge in [0.15, 0.2) is 5.96 Å². The Morgan fingerprint density at radius 3 is 2.27 bits per heavy atom. The van der Waals surface area contributed by atoms with E-state index in [-0.39, 0.29) is 24.0 Å². The number of morpholine rings is 1. The molecule has 0 aromatic heterocycles. The van der Waals surface area contributed by atoms with Crippen LogP contribution in [-0.2, 0) is 4.74 Å². The van der Waals surface area contributed by atoms with Crippen LogP contribution in [0.25, 0.3) is 0 Å². The number of nitrogens with zero attached hydrogens (tertiary/aromatic N) is 2. The van der Waals surface area contributed by atoms with Crippen LogP contribution in [0.4, 0.5) is 0 Å². The standard InChI is InChI=1S/C20H34N4O.HI/c1-4-17(5-2)15-22-20(21-3)23-16-19(18-9-7-6-8-10-18)24-11-13-25-14-12-24;/h6-10,17,19H,4-5,11-16H2,1-3H3,(H2,21,22,23);1H. The van der Waals surface area contributed by atoms with Crippen LogP contribution in [0.5, 0.6) is 0 Å². The number of rotatable bonds is 8. The molecule has 0 bridgehead atoms. The van der Waals surface area contributed by atoms with Crippen molar-refractivity contribution >= 4 is 29.9 Å². The maximum absolute atomic E-state index is 5.52. The van der Waals surface area contributed by atoms with E-state index in [9.17, 15) is 0 Å². The topological polar surface area (TPSA) is 48.9 Å². The van der Waals surface area contributed by atoms with Crippen molar-refractivity contribution in [2.75, 3.05) is 46.4 Å². The summed E-state index contributed by atoms with van der Waals surface area (Å²) in [4.78, 5) is 6.89. The zero-order chi connectivity index (χ0) is 17.9. The molecule has 1 atom stereocenters. The first-order chi connectivity index (χ1) is 12.3. The molecule has 0 saturated carbocycles. The Balaban J connectivity index is 0.00000338. The third kappa shape index (κ3) is 7.40. The molecule has 1 saturated heterocycles. The number of nitrogens with one attached hydrogen (secondary N) is 2. The molecule has 1 fully saturated rings. The van der Waals surface area contributed by atoms with Gasteiger partial charge in [0.2, 0.25) is 0 Å². The molecule has 0 spiro atoms. The highest BCUT2D eigenvalue weighted by atomic mass is 127. The van der Waals surface area contributed by atoms with Gasteiger partial charge in [-0.05, 0) is 11.5 Å². The molecule has 2 N–H and O–H groups in total. The van der Waals surface area contributed by atoms with Crippen LogP contribution in [0.2, 0.25) is 0 Å². The zero-order valence-corrected chi connectivity index (χ0v) is 18.7. The quantitative estimate of drug-likeness (QED) is 0.345. The molecule has 26 heavy (non-hydrogen) atoms. The summed E-state index contributed by atoms with van der Waals surface area (Å²) >= 11 is 0. The average molecular weight is 474 g/mol. The van der Waals surface area contributed by atoms with E-state index in [2.05, 4.69) is 64.7 Å². The molecule has 1 aliphatic heterocycles. The van der Waals surface area contributed by atoms with Crippen LogP contribution in [0.15, 0.2) is 35.3 Å². The number of guanidine groups is 1. The fraction of sp³-hybridized carbons (Fsp3) is 0.650. The zero-order valence-electron chi connectivity index (χ0n) is 16.4. The number of hydrogen-bond acceptors (Lipinski definition) is 3. The first kappa shape index (κ1) is 23.2. The molecule has 148 valence electrons.